The van der Waals surface area contributed by atoms with E-state index in [0.29, 0.717) is 11.1 Å². The van der Waals surface area contributed by atoms with Crippen LogP contribution in [-0.2, 0) is 0 Å². The van der Waals surface area contributed by atoms with E-state index in [-0.39, 0.29) is 40.9 Å². The van der Waals surface area contributed by atoms with Crippen molar-refractivity contribution in [3.05, 3.63) is 75.8 Å². The number of carbonyl (C=O) groups is 2. The number of ketones is 1. The summed E-state index contributed by atoms with van der Waals surface area (Å²) in [7, 11) is 0. The monoisotopic (exact) mass is 352 g/mol. The van der Waals surface area contributed by atoms with E-state index < -0.39 is 5.97 Å². The molecule has 5 heteroatoms. The van der Waals surface area contributed by atoms with Crippen LogP contribution in [0.1, 0.15) is 26.3 Å². The molecule has 100 valence electrons. The molecule has 0 aliphatic heterocycles. The second kappa shape index (κ2) is 8.29. The van der Waals surface area contributed by atoms with Crippen molar-refractivity contribution in [1.29, 1.82) is 0 Å². The van der Waals surface area contributed by atoms with Gasteiger partial charge in [0, 0.05) is 15.6 Å². The zero-order chi connectivity index (χ0) is 14.5. The van der Waals surface area contributed by atoms with Gasteiger partial charge in [-0.05, 0) is 23.8 Å². The molecule has 2 aromatic rings. The third kappa shape index (κ3) is 4.93. The number of benzene rings is 2. The number of halogens is 1. The van der Waals surface area contributed by atoms with E-state index in [1.807, 2.05) is 6.07 Å². The number of hydrogen-bond donors (Lipinski definition) is 0. The Labute approximate surface area is 153 Å². The molecule has 0 saturated heterocycles. The molecule has 0 amide bonds. The molecule has 0 spiro atoms. The number of hydrogen-bond acceptors (Lipinski definition) is 3. The number of aromatic carboxylic acids is 1. The van der Waals surface area contributed by atoms with Gasteiger partial charge >= 0.3 is 29.6 Å². The Balaban J connectivity index is 0.00000220. The number of rotatable bonds is 4. The van der Waals surface area contributed by atoms with Gasteiger partial charge in [-0.3, -0.25) is 4.79 Å². The van der Waals surface area contributed by atoms with Crippen LogP contribution in [0.4, 0.5) is 0 Å². The van der Waals surface area contributed by atoms with E-state index in [1.165, 1.54) is 18.2 Å². The fourth-order valence-electron chi connectivity index (χ4n) is 1.73. The van der Waals surface area contributed by atoms with Crippen LogP contribution >= 0.6 is 15.9 Å². The Morgan fingerprint density at radius 3 is 2.43 bits per heavy atom. The quantitative estimate of drug-likeness (QED) is 0.431. The minimum absolute atomic E-state index is 0. The van der Waals surface area contributed by atoms with E-state index in [2.05, 4.69) is 15.9 Å². The average Bonchev–Trinajstić information content (AvgIpc) is 2.45. The van der Waals surface area contributed by atoms with Crippen LogP contribution < -0.4 is 34.7 Å². The minimum atomic E-state index is -1.26. The first-order valence-corrected chi connectivity index (χ1v) is 6.65. The molecular formula is C16H10BrNaO3. The summed E-state index contributed by atoms with van der Waals surface area (Å²) >= 11 is 3.29. The van der Waals surface area contributed by atoms with Crippen molar-refractivity contribution < 1.29 is 44.3 Å². The fourth-order valence-corrected chi connectivity index (χ4v) is 2.13. The molecule has 2 rings (SSSR count). The molecule has 0 N–H and O–H groups in total. The van der Waals surface area contributed by atoms with E-state index in [1.54, 1.807) is 36.4 Å². The van der Waals surface area contributed by atoms with Gasteiger partial charge in [0.1, 0.15) is 0 Å². The van der Waals surface area contributed by atoms with E-state index in [9.17, 15) is 14.7 Å². The first-order chi connectivity index (χ1) is 9.58. The molecule has 0 radical (unpaired) electrons. The standard InChI is InChI=1S/C16H11BrO3.Na/c17-13-6-3-5-12(10-13)15(18)9-8-11-4-1-2-7-14(11)16(19)20;/h1-10H,(H,19,20);/q;+1/p-1. The van der Waals surface area contributed by atoms with Crippen molar-refractivity contribution >= 4 is 33.8 Å². The van der Waals surface area contributed by atoms with Gasteiger partial charge in [0.2, 0.25) is 0 Å². The van der Waals surface area contributed by atoms with Crippen molar-refractivity contribution in [3.8, 4) is 0 Å². The summed E-state index contributed by atoms with van der Waals surface area (Å²) < 4.78 is 0.812. The maximum absolute atomic E-state index is 12.0. The summed E-state index contributed by atoms with van der Waals surface area (Å²) in [4.78, 5) is 22.9. The molecule has 0 bridgehead atoms. The molecular weight excluding hydrogens is 343 g/mol. The Kier molecular flexibility index (Phi) is 7.05. The summed E-state index contributed by atoms with van der Waals surface area (Å²) in [5, 5.41) is 10.9. The van der Waals surface area contributed by atoms with Gasteiger partial charge < -0.3 is 9.90 Å². The number of allylic oxidation sites excluding steroid dienone is 1. The minimum Gasteiger partial charge on any atom is -0.545 e. The van der Waals surface area contributed by atoms with Gasteiger partial charge in [-0.25, -0.2) is 0 Å². The first kappa shape index (κ1) is 17.9. The zero-order valence-electron chi connectivity index (χ0n) is 11.4. The third-order valence-electron chi connectivity index (χ3n) is 2.70. The third-order valence-corrected chi connectivity index (χ3v) is 3.20. The average molecular weight is 353 g/mol. The molecule has 3 nitrogen and oxygen atoms in total. The van der Waals surface area contributed by atoms with Gasteiger partial charge in [-0.15, -0.1) is 0 Å². The molecule has 0 aromatic heterocycles. The normalized spacial score (nSPS) is 10.1. The Hall–Kier alpha value is -1.20. The molecule has 0 heterocycles. The van der Waals surface area contributed by atoms with Crippen LogP contribution in [0.5, 0.6) is 0 Å². The molecule has 0 saturated carbocycles. The number of carbonyl (C=O) groups excluding carboxylic acids is 2. The van der Waals surface area contributed by atoms with E-state index in [0.717, 1.165) is 4.47 Å². The van der Waals surface area contributed by atoms with Crippen LogP contribution in [0.15, 0.2) is 59.1 Å². The first-order valence-electron chi connectivity index (χ1n) is 5.86. The second-order valence-corrected chi connectivity index (χ2v) is 5.00. The van der Waals surface area contributed by atoms with Crippen LogP contribution in [0.3, 0.4) is 0 Å². The van der Waals surface area contributed by atoms with Gasteiger partial charge in [0.15, 0.2) is 5.78 Å². The second-order valence-electron chi connectivity index (χ2n) is 4.08. The predicted molar refractivity (Wildman–Crippen MR) is 78.3 cm³/mol. The predicted octanol–water partition coefficient (Wildman–Crippen LogP) is -0.287. The Morgan fingerprint density at radius 2 is 1.76 bits per heavy atom. The smallest absolute Gasteiger partial charge is 0.545 e. The summed E-state index contributed by atoms with van der Waals surface area (Å²) in [5.41, 5.74) is 1.03. The van der Waals surface area contributed by atoms with Crippen molar-refractivity contribution in [3.63, 3.8) is 0 Å². The SMILES string of the molecule is O=C(C=Cc1ccccc1C(=O)[O-])c1cccc(Br)c1.[Na+]. The van der Waals surface area contributed by atoms with Crippen molar-refractivity contribution in [2.75, 3.05) is 0 Å². The molecule has 0 atom stereocenters. The summed E-state index contributed by atoms with van der Waals surface area (Å²) in [6.45, 7) is 0. The Bertz CT molecular complexity index is 695. The maximum atomic E-state index is 12.0. The number of carboxylic acids is 1. The largest absolute Gasteiger partial charge is 1.00 e. The van der Waals surface area contributed by atoms with Crippen LogP contribution in [0.25, 0.3) is 6.08 Å². The van der Waals surface area contributed by atoms with Gasteiger partial charge in [-0.1, -0.05) is 58.4 Å². The van der Waals surface area contributed by atoms with Crippen LogP contribution in [0, 0.1) is 0 Å². The number of carboxylic acid groups (broad SMARTS) is 1. The van der Waals surface area contributed by atoms with Crippen LogP contribution in [0.2, 0.25) is 0 Å². The van der Waals surface area contributed by atoms with Gasteiger partial charge in [0.25, 0.3) is 0 Å². The molecule has 0 aliphatic carbocycles. The summed E-state index contributed by atoms with van der Waals surface area (Å²) in [5.74, 6) is -1.46. The fraction of sp³-hybridized carbons (Fsp3) is 0. The molecule has 0 aliphatic rings. The molecule has 2 aromatic carbocycles. The van der Waals surface area contributed by atoms with E-state index >= 15 is 0 Å². The van der Waals surface area contributed by atoms with Crippen molar-refractivity contribution in [2.24, 2.45) is 0 Å². The summed E-state index contributed by atoms with van der Waals surface area (Å²) in [6, 6.07) is 13.4. The topological polar surface area (TPSA) is 57.2 Å². The molecule has 0 fully saturated rings. The van der Waals surface area contributed by atoms with Gasteiger partial charge in [0.05, 0.1) is 5.97 Å². The molecule has 0 unspecified atom stereocenters. The van der Waals surface area contributed by atoms with E-state index in [4.69, 9.17) is 0 Å². The van der Waals surface area contributed by atoms with Crippen molar-refractivity contribution in [2.45, 2.75) is 0 Å². The molecule has 21 heavy (non-hydrogen) atoms. The zero-order valence-corrected chi connectivity index (χ0v) is 15.0. The van der Waals surface area contributed by atoms with Gasteiger partial charge in [-0.2, -0.15) is 0 Å². The van der Waals surface area contributed by atoms with Crippen LogP contribution in [-0.4, -0.2) is 11.8 Å². The van der Waals surface area contributed by atoms with Crippen molar-refractivity contribution in [1.82, 2.24) is 0 Å². The summed E-state index contributed by atoms with van der Waals surface area (Å²) in [6.07, 6.45) is 2.83. The Morgan fingerprint density at radius 1 is 1.05 bits per heavy atom. The maximum Gasteiger partial charge on any atom is 1.00 e.